The summed E-state index contributed by atoms with van der Waals surface area (Å²) in [7, 11) is 0. The SMILES string of the molecule is Cc1ccc(-n2c(CCl)nc3cc(F)c(Br)cc32)cc1. The molecule has 1 heterocycles. The number of nitrogens with zero attached hydrogens (tertiary/aromatic N) is 2. The molecule has 2 nitrogen and oxygen atoms in total. The molecule has 0 unspecified atom stereocenters. The Labute approximate surface area is 129 Å². The van der Waals surface area contributed by atoms with Crippen molar-refractivity contribution in [1.82, 2.24) is 9.55 Å². The van der Waals surface area contributed by atoms with Crippen LogP contribution in [0.3, 0.4) is 0 Å². The molecule has 3 aromatic rings. The summed E-state index contributed by atoms with van der Waals surface area (Å²) in [4.78, 5) is 4.40. The highest BCUT2D eigenvalue weighted by Crippen LogP contribution is 2.27. The first-order valence-corrected chi connectivity index (χ1v) is 7.42. The zero-order valence-electron chi connectivity index (χ0n) is 10.7. The van der Waals surface area contributed by atoms with Crippen molar-refractivity contribution < 1.29 is 4.39 Å². The van der Waals surface area contributed by atoms with Gasteiger partial charge in [-0.1, -0.05) is 17.7 Å². The van der Waals surface area contributed by atoms with E-state index in [0.29, 0.717) is 15.8 Å². The summed E-state index contributed by atoms with van der Waals surface area (Å²) in [5.41, 5.74) is 3.57. The van der Waals surface area contributed by atoms with Gasteiger partial charge < -0.3 is 0 Å². The maximum Gasteiger partial charge on any atom is 0.139 e. The van der Waals surface area contributed by atoms with E-state index in [1.807, 2.05) is 35.8 Å². The van der Waals surface area contributed by atoms with Crippen LogP contribution in [0.15, 0.2) is 40.9 Å². The van der Waals surface area contributed by atoms with E-state index in [0.717, 1.165) is 11.2 Å². The monoisotopic (exact) mass is 352 g/mol. The number of hydrogen-bond donors (Lipinski definition) is 0. The lowest BCUT2D eigenvalue weighted by Crippen LogP contribution is -1.99. The standard InChI is InChI=1S/C15H11BrClFN2/c1-9-2-4-10(5-3-9)20-14-6-11(16)12(18)7-13(14)19-15(20)8-17/h2-7H,8H2,1H3. The third-order valence-corrected chi connectivity index (χ3v) is 4.02. The molecule has 102 valence electrons. The number of rotatable bonds is 2. The van der Waals surface area contributed by atoms with Crippen LogP contribution in [0, 0.1) is 12.7 Å². The van der Waals surface area contributed by atoms with E-state index in [1.54, 1.807) is 6.07 Å². The van der Waals surface area contributed by atoms with Gasteiger partial charge >= 0.3 is 0 Å². The van der Waals surface area contributed by atoms with Crippen LogP contribution in [0.5, 0.6) is 0 Å². The van der Waals surface area contributed by atoms with Gasteiger partial charge in [-0.25, -0.2) is 9.37 Å². The van der Waals surface area contributed by atoms with E-state index >= 15 is 0 Å². The van der Waals surface area contributed by atoms with E-state index in [2.05, 4.69) is 20.9 Å². The molecule has 0 spiro atoms. The normalized spacial score (nSPS) is 11.2. The van der Waals surface area contributed by atoms with Gasteiger partial charge in [-0.15, -0.1) is 11.6 Å². The van der Waals surface area contributed by atoms with Crippen LogP contribution < -0.4 is 0 Å². The first-order valence-electron chi connectivity index (χ1n) is 6.09. The third-order valence-electron chi connectivity index (χ3n) is 3.18. The molecule has 0 aliphatic rings. The average molecular weight is 354 g/mol. The van der Waals surface area contributed by atoms with Crippen molar-refractivity contribution in [3.05, 3.63) is 58.1 Å². The molecule has 0 bridgehead atoms. The van der Waals surface area contributed by atoms with E-state index in [9.17, 15) is 4.39 Å². The number of imidazole rings is 1. The first-order chi connectivity index (χ1) is 9.60. The van der Waals surface area contributed by atoms with Crippen LogP contribution >= 0.6 is 27.5 Å². The Morgan fingerprint density at radius 3 is 2.60 bits per heavy atom. The second-order valence-corrected chi connectivity index (χ2v) is 5.71. The zero-order chi connectivity index (χ0) is 14.3. The second kappa shape index (κ2) is 5.19. The van der Waals surface area contributed by atoms with Gasteiger partial charge in [0.25, 0.3) is 0 Å². The summed E-state index contributed by atoms with van der Waals surface area (Å²) in [5, 5.41) is 0. The molecule has 0 aliphatic carbocycles. The molecule has 0 saturated heterocycles. The number of alkyl halides is 1. The molecule has 0 radical (unpaired) electrons. The van der Waals surface area contributed by atoms with E-state index in [-0.39, 0.29) is 11.7 Å². The van der Waals surface area contributed by atoms with Gasteiger partial charge in [0.1, 0.15) is 11.6 Å². The fourth-order valence-corrected chi connectivity index (χ4v) is 2.70. The molecule has 0 amide bonds. The minimum absolute atomic E-state index is 0.266. The number of fused-ring (bicyclic) bond motifs is 1. The third kappa shape index (κ3) is 2.23. The number of aryl methyl sites for hydroxylation is 1. The van der Waals surface area contributed by atoms with Gasteiger partial charge in [-0.2, -0.15) is 0 Å². The summed E-state index contributed by atoms with van der Waals surface area (Å²) in [6, 6.07) is 11.2. The number of hydrogen-bond acceptors (Lipinski definition) is 1. The predicted octanol–water partition coefficient (Wildman–Crippen LogP) is 4.97. The lowest BCUT2D eigenvalue weighted by molar-refractivity contribution is 0.623. The van der Waals surface area contributed by atoms with Crippen molar-refractivity contribution in [3.63, 3.8) is 0 Å². The van der Waals surface area contributed by atoms with Gasteiger partial charge in [0.2, 0.25) is 0 Å². The molecule has 5 heteroatoms. The largest absolute Gasteiger partial charge is 0.295 e. The van der Waals surface area contributed by atoms with Crippen LogP contribution in [0.4, 0.5) is 4.39 Å². The average Bonchev–Trinajstić information content (AvgIpc) is 2.78. The van der Waals surface area contributed by atoms with Crippen molar-refractivity contribution in [2.24, 2.45) is 0 Å². The number of benzene rings is 2. The molecule has 1 aromatic heterocycles. The Hall–Kier alpha value is -1.39. The summed E-state index contributed by atoms with van der Waals surface area (Å²) >= 11 is 9.19. The molecule has 0 saturated carbocycles. The van der Waals surface area contributed by atoms with Gasteiger partial charge in [0.15, 0.2) is 0 Å². The van der Waals surface area contributed by atoms with E-state index in [1.165, 1.54) is 11.6 Å². The highest BCUT2D eigenvalue weighted by Gasteiger charge is 2.14. The van der Waals surface area contributed by atoms with Gasteiger partial charge in [-0.05, 0) is 41.1 Å². The lowest BCUT2D eigenvalue weighted by Gasteiger charge is -2.08. The molecular formula is C15H11BrClFN2. The smallest absolute Gasteiger partial charge is 0.139 e. The summed E-state index contributed by atoms with van der Waals surface area (Å²) in [6.45, 7) is 2.03. The van der Waals surface area contributed by atoms with Crippen molar-refractivity contribution in [1.29, 1.82) is 0 Å². The highest BCUT2D eigenvalue weighted by molar-refractivity contribution is 9.10. The minimum Gasteiger partial charge on any atom is -0.295 e. The second-order valence-electron chi connectivity index (χ2n) is 4.59. The maximum atomic E-state index is 13.6. The molecule has 20 heavy (non-hydrogen) atoms. The summed E-state index contributed by atoms with van der Waals surface area (Å²) < 4.78 is 16.0. The van der Waals surface area contributed by atoms with Crippen molar-refractivity contribution in [2.75, 3.05) is 0 Å². The molecule has 0 N–H and O–H groups in total. The highest BCUT2D eigenvalue weighted by atomic mass is 79.9. The minimum atomic E-state index is -0.327. The topological polar surface area (TPSA) is 17.8 Å². The number of halogens is 3. The van der Waals surface area contributed by atoms with E-state index < -0.39 is 0 Å². The summed E-state index contributed by atoms with van der Waals surface area (Å²) in [6.07, 6.45) is 0. The van der Waals surface area contributed by atoms with Gasteiger partial charge in [0.05, 0.1) is 21.4 Å². The van der Waals surface area contributed by atoms with Crippen molar-refractivity contribution in [2.45, 2.75) is 12.8 Å². The van der Waals surface area contributed by atoms with Crippen molar-refractivity contribution >= 4 is 38.6 Å². The quantitative estimate of drug-likeness (QED) is 0.594. The van der Waals surface area contributed by atoms with E-state index in [4.69, 9.17) is 11.6 Å². The van der Waals surface area contributed by atoms with Crippen molar-refractivity contribution in [3.8, 4) is 5.69 Å². The van der Waals surface area contributed by atoms with Gasteiger partial charge in [-0.3, -0.25) is 4.57 Å². The molecular weight excluding hydrogens is 343 g/mol. The van der Waals surface area contributed by atoms with Crippen LogP contribution in [-0.4, -0.2) is 9.55 Å². The Bertz CT molecular complexity index is 781. The Morgan fingerprint density at radius 1 is 1.25 bits per heavy atom. The molecule has 2 aromatic carbocycles. The number of aromatic nitrogens is 2. The Kier molecular flexibility index (Phi) is 3.52. The lowest BCUT2D eigenvalue weighted by atomic mass is 10.2. The van der Waals surface area contributed by atoms with Gasteiger partial charge in [0, 0.05) is 11.8 Å². The Morgan fingerprint density at radius 2 is 1.95 bits per heavy atom. The molecule has 0 aliphatic heterocycles. The van der Waals surface area contributed by atoms with Crippen LogP contribution in [0.1, 0.15) is 11.4 Å². The first kappa shape index (κ1) is 13.6. The predicted molar refractivity (Wildman–Crippen MR) is 83.0 cm³/mol. The van der Waals surface area contributed by atoms with Crippen LogP contribution in [0.2, 0.25) is 0 Å². The van der Waals surface area contributed by atoms with Crippen LogP contribution in [-0.2, 0) is 5.88 Å². The van der Waals surface area contributed by atoms with Crippen LogP contribution in [0.25, 0.3) is 16.7 Å². The maximum absolute atomic E-state index is 13.6. The molecule has 0 fully saturated rings. The fraction of sp³-hybridized carbons (Fsp3) is 0.133. The zero-order valence-corrected chi connectivity index (χ0v) is 13.0. The molecule has 0 atom stereocenters. The summed E-state index contributed by atoms with van der Waals surface area (Å²) in [5.74, 6) is 0.636. The molecule has 3 rings (SSSR count). The Balaban J connectivity index is 2.32. The fourth-order valence-electron chi connectivity index (χ4n) is 2.19.